The van der Waals surface area contributed by atoms with E-state index in [0.717, 1.165) is 10.6 Å². The standard InChI is InChI=1S/C7H8N2OS/c1-2-5-11-7-3-4-8-9(10)6-7/h2-4,6H,1,5H2. The second-order valence-electron chi connectivity index (χ2n) is 1.86. The fourth-order valence-electron chi connectivity index (χ4n) is 0.598. The number of rotatable bonds is 3. The summed E-state index contributed by atoms with van der Waals surface area (Å²) in [7, 11) is 0. The predicted molar refractivity (Wildman–Crippen MR) is 44.1 cm³/mol. The number of hydrogen-bond donors (Lipinski definition) is 0. The van der Waals surface area contributed by atoms with Crippen molar-refractivity contribution in [1.29, 1.82) is 0 Å². The highest BCUT2D eigenvalue weighted by Crippen LogP contribution is 2.13. The molecule has 1 heterocycles. The lowest BCUT2D eigenvalue weighted by atomic mass is 10.6. The van der Waals surface area contributed by atoms with Crippen LogP contribution in [-0.4, -0.2) is 10.9 Å². The summed E-state index contributed by atoms with van der Waals surface area (Å²) in [6.45, 7) is 3.58. The monoisotopic (exact) mass is 168 g/mol. The summed E-state index contributed by atoms with van der Waals surface area (Å²) in [5.74, 6) is 0.810. The van der Waals surface area contributed by atoms with Crippen LogP contribution in [0.15, 0.2) is 36.0 Å². The molecule has 0 N–H and O–H groups in total. The number of thioether (sulfide) groups is 1. The van der Waals surface area contributed by atoms with Crippen LogP contribution in [0.1, 0.15) is 0 Å². The number of hydrogen-bond acceptors (Lipinski definition) is 3. The van der Waals surface area contributed by atoms with Crippen molar-refractivity contribution in [1.82, 2.24) is 5.10 Å². The van der Waals surface area contributed by atoms with Crippen molar-refractivity contribution in [2.45, 2.75) is 4.90 Å². The van der Waals surface area contributed by atoms with Crippen LogP contribution >= 0.6 is 11.8 Å². The Morgan fingerprint density at radius 3 is 3.27 bits per heavy atom. The summed E-state index contributed by atoms with van der Waals surface area (Å²) >= 11 is 1.56. The summed E-state index contributed by atoms with van der Waals surface area (Å²) in [5, 5.41) is 14.1. The Balaban J connectivity index is 2.63. The zero-order valence-electron chi connectivity index (χ0n) is 5.93. The first-order chi connectivity index (χ1) is 5.33. The van der Waals surface area contributed by atoms with E-state index in [1.807, 2.05) is 0 Å². The predicted octanol–water partition coefficient (Wildman–Crippen LogP) is 0.993. The Morgan fingerprint density at radius 1 is 1.82 bits per heavy atom. The van der Waals surface area contributed by atoms with Gasteiger partial charge in [0.1, 0.15) is 0 Å². The van der Waals surface area contributed by atoms with E-state index >= 15 is 0 Å². The molecular weight excluding hydrogens is 160 g/mol. The fraction of sp³-hybridized carbons (Fsp3) is 0.143. The Kier molecular flexibility index (Phi) is 2.92. The molecule has 0 aliphatic carbocycles. The molecule has 0 aromatic carbocycles. The molecule has 58 valence electrons. The Hall–Kier alpha value is -1.03. The van der Waals surface area contributed by atoms with Gasteiger partial charge in [-0.1, -0.05) is 10.9 Å². The number of nitrogens with zero attached hydrogens (tertiary/aromatic N) is 2. The van der Waals surface area contributed by atoms with Gasteiger partial charge in [-0.25, -0.2) is 0 Å². The highest BCUT2D eigenvalue weighted by atomic mass is 32.2. The lowest BCUT2D eigenvalue weighted by Crippen LogP contribution is -2.29. The van der Waals surface area contributed by atoms with Crippen molar-refractivity contribution in [3.63, 3.8) is 0 Å². The smallest absolute Gasteiger partial charge is 0.223 e. The molecule has 11 heavy (non-hydrogen) atoms. The van der Waals surface area contributed by atoms with Crippen LogP contribution in [0.4, 0.5) is 0 Å². The third kappa shape index (κ3) is 2.59. The van der Waals surface area contributed by atoms with Gasteiger partial charge < -0.3 is 5.21 Å². The van der Waals surface area contributed by atoms with Crippen molar-refractivity contribution >= 4 is 11.8 Å². The van der Waals surface area contributed by atoms with Crippen LogP contribution in [0.5, 0.6) is 0 Å². The molecule has 0 bridgehead atoms. The molecule has 4 heteroatoms. The molecule has 0 aliphatic heterocycles. The molecule has 0 unspecified atom stereocenters. The third-order valence-electron chi connectivity index (χ3n) is 1.02. The quantitative estimate of drug-likeness (QED) is 0.292. The van der Waals surface area contributed by atoms with Crippen LogP contribution in [-0.2, 0) is 0 Å². The van der Waals surface area contributed by atoms with Gasteiger partial charge in [0.2, 0.25) is 6.20 Å². The van der Waals surface area contributed by atoms with E-state index < -0.39 is 0 Å². The van der Waals surface area contributed by atoms with Gasteiger partial charge in [0.05, 0.1) is 11.1 Å². The summed E-state index contributed by atoms with van der Waals surface area (Å²) in [5.41, 5.74) is 0. The first kappa shape index (κ1) is 8.07. The normalized spacial score (nSPS) is 9.45. The largest absolute Gasteiger partial charge is 0.594 e. The number of aromatic nitrogens is 2. The van der Waals surface area contributed by atoms with E-state index in [2.05, 4.69) is 11.7 Å². The first-order valence-corrected chi connectivity index (χ1v) is 4.10. The van der Waals surface area contributed by atoms with E-state index in [9.17, 15) is 5.21 Å². The minimum Gasteiger partial charge on any atom is -0.594 e. The third-order valence-corrected chi connectivity index (χ3v) is 2.00. The maximum absolute atomic E-state index is 10.6. The molecule has 0 saturated heterocycles. The van der Waals surface area contributed by atoms with Gasteiger partial charge in [-0.15, -0.1) is 18.3 Å². The topological polar surface area (TPSA) is 39.8 Å². The molecule has 1 aromatic rings. The maximum Gasteiger partial charge on any atom is 0.223 e. The molecule has 0 spiro atoms. The maximum atomic E-state index is 10.6. The highest BCUT2D eigenvalue weighted by molar-refractivity contribution is 7.99. The molecule has 0 amide bonds. The molecule has 0 atom stereocenters. The van der Waals surface area contributed by atoms with Crippen molar-refractivity contribution in [3.8, 4) is 0 Å². The summed E-state index contributed by atoms with van der Waals surface area (Å²) in [4.78, 5) is 1.46. The van der Waals surface area contributed by atoms with Gasteiger partial charge in [0, 0.05) is 10.9 Å². The summed E-state index contributed by atoms with van der Waals surface area (Å²) < 4.78 is 0. The van der Waals surface area contributed by atoms with E-state index in [1.54, 1.807) is 23.9 Å². The minimum atomic E-state index is 0.547. The second-order valence-corrected chi connectivity index (χ2v) is 2.96. The van der Waals surface area contributed by atoms with Crippen LogP contribution in [0.2, 0.25) is 0 Å². The van der Waals surface area contributed by atoms with Crippen LogP contribution in [0, 0.1) is 5.21 Å². The van der Waals surface area contributed by atoms with Crippen molar-refractivity contribution in [3.05, 3.63) is 36.3 Å². The van der Waals surface area contributed by atoms with E-state index in [1.165, 1.54) is 12.4 Å². The molecule has 3 nitrogen and oxygen atoms in total. The van der Waals surface area contributed by atoms with E-state index in [4.69, 9.17) is 0 Å². The lowest BCUT2D eigenvalue weighted by molar-refractivity contribution is -0.671. The van der Waals surface area contributed by atoms with Crippen LogP contribution < -0.4 is 4.85 Å². The molecule has 0 radical (unpaired) electrons. The molecular formula is C7H8N2OS. The van der Waals surface area contributed by atoms with Gasteiger partial charge in [-0.3, -0.25) is 0 Å². The van der Waals surface area contributed by atoms with Gasteiger partial charge in [-0.2, -0.15) is 0 Å². The van der Waals surface area contributed by atoms with Crippen molar-refractivity contribution in [2.24, 2.45) is 0 Å². The van der Waals surface area contributed by atoms with Gasteiger partial charge in [0.15, 0.2) is 0 Å². The molecule has 0 aliphatic rings. The first-order valence-electron chi connectivity index (χ1n) is 3.12. The second kappa shape index (κ2) is 3.98. The molecule has 1 aromatic heterocycles. The van der Waals surface area contributed by atoms with Gasteiger partial charge in [0.25, 0.3) is 0 Å². The minimum absolute atomic E-state index is 0.547. The average Bonchev–Trinajstić information content (AvgIpc) is 2.01. The zero-order chi connectivity index (χ0) is 8.10. The SMILES string of the molecule is C=CCSc1ccn[n+]([O-])c1. The van der Waals surface area contributed by atoms with E-state index in [0.29, 0.717) is 4.85 Å². The van der Waals surface area contributed by atoms with Crippen molar-refractivity contribution in [2.75, 3.05) is 5.75 Å². The summed E-state index contributed by atoms with van der Waals surface area (Å²) in [6.07, 6.45) is 4.72. The zero-order valence-corrected chi connectivity index (χ0v) is 6.75. The molecule has 0 saturated carbocycles. The fourth-order valence-corrected chi connectivity index (χ4v) is 1.23. The lowest BCUT2D eigenvalue weighted by Gasteiger charge is -1.95. The molecule has 1 rings (SSSR count). The van der Waals surface area contributed by atoms with Gasteiger partial charge >= 0.3 is 0 Å². The van der Waals surface area contributed by atoms with Crippen LogP contribution in [0.3, 0.4) is 0 Å². The summed E-state index contributed by atoms with van der Waals surface area (Å²) in [6, 6.07) is 1.79. The van der Waals surface area contributed by atoms with Gasteiger partial charge in [-0.05, 0) is 6.07 Å². The molecule has 0 fully saturated rings. The Morgan fingerprint density at radius 2 is 2.64 bits per heavy atom. The Labute approximate surface area is 69.3 Å². The highest BCUT2D eigenvalue weighted by Gasteiger charge is 1.96. The van der Waals surface area contributed by atoms with E-state index in [-0.39, 0.29) is 0 Å². The Bertz CT molecular complexity index is 252. The average molecular weight is 168 g/mol. The van der Waals surface area contributed by atoms with Crippen molar-refractivity contribution < 1.29 is 4.85 Å². The van der Waals surface area contributed by atoms with Crippen LogP contribution in [0.25, 0.3) is 0 Å².